The molecule has 0 atom stereocenters. The van der Waals surface area contributed by atoms with Gasteiger partial charge >= 0.3 is 29.9 Å². The standard InChI is InChI=1S/C12Cl4F6IO5P/c13-1-5(17)3(15)11(9(21)7(1)19)26-29(25,28-23-24)27-12-4(16)6(18)2(14)8(20)10(12)22. The van der Waals surface area contributed by atoms with Gasteiger partial charge in [0.2, 0.25) is 11.6 Å². The lowest BCUT2D eigenvalue weighted by atomic mass is 10.3. The first-order valence-corrected chi connectivity index (χ1v) is 11.1. The molecule has 0 saturated carbocycles. The maximum atomic E-state index is 14.0. The van der Waals surface area contributed by atoms with Gasteiger partial charge in [-0.2, -0.15) is 8.78 Å². The van der Waals surface area contributed by atoms with E-state index in [9.17, 15) is 34.3 Å². The van der Waals surface area contributed by atoms with Gasteiger partial charge in [-0.1, -0.05) is 46.4 Å². The van der Waals surface area contributed by atoms with E-state index in [1.54, 1.807) is 0 Å². The lowest BCUT2D eigenvalue weighted by Gasteiger charge is -2.18. The van der Waals surface area contributed by atoms with Gasteiger partial charge in [0.25, 0.3) is 0 Å². The average Bonchev–Trinajstić information content (AvgIpc) is 2.69. The Morgan fingerprint density at radius 3 is 1.31 bits per heavy atom. The van der Waals surface area contributed by atoms with Crippen molar-refractivity contribution >= 4 is 54.2 Å². The minimum absolute atomic E-state index is 1.37. The number of benzene rings is 2. The lowest BCUT2D eigenvalue weighted by molar-refractivity contribution is -1.25. The zero-order chi connectivity index (χ0) is 22.3. The summed E-state index contributed by atoms with van der Waals surface area (Å²) in [5, 5.41) is -5.54. The predicted octanol–water partition coefficient (Wildman–Crippen LogP) is 3.00. The summed E-state index contributed by atoms with van der Waals surface area (Å²) in [5.74, 6) is -15.1. The number of rotatable bonds is 6. The van der Waals surface area contributed by atoms with Gasteiger partial charge in [-0.3, -0.25) is 0 Å². The molecule has 0 radical (unpaired) electrons. The van der Waals surface area contributed by atoms with E-state index in [-0.39, 0.29) is 0 Å². The lowest BCUT2D eigenvalue weighted by Crippen LogP contribution is -3.69. The highest BCUT2D eigenvalue weighted by Gasteiger charge is 2.42. The number of phosphoric ester groups is 1. The Morgan fingerprint density at radius 2 is 1.00 bits per heavy atom. The number of hydrogen-bond donors (Lipinski definition) is 0. The number of phosphoric acid groups is 1. The summed E-state index contributed by atoms with van der Waals surface area (Å²) in [5.41, 5.74) is 0. The second kappa shape index (κ2) is 9.43. The second-order valence-electron chi connectivity index (χ2n) is 4.56. The Balaban J connectivity index is 2.61. The Morgan fingerprint density at radius 1 is 0.655 bits per heavy atom. The van der Waals surface area contributed by atoms with Crippen LogP contribution in [0, 0.1) is 34.9 Å². The molecule has 0 unspecified atom stereocenters. The van der Waals surface area contributed by atoms with Crippen LogP contribution in [0.3, 0.4) is 0 Å². The third-order valence-electron chi connectivity index (χ3n) is 2.86. The molecule has 2 aromatic carbocycles. The predicted molar refractivity (Wildman–Crippen MR) is 82.6 cm³/mol. The van der Waals surface area contributed by atoms with Crippen LogP contribution < -0.4 is 34.5 Å². The van der Waals surface area contributed by atoms with Crippen molar-refractivity contribution in [2.24, 2.45) is 0 Å². The largest absolute Gasteiger partial charge is 0.632 e. The normalized spacial score (nSPS) is 11.7. The molecule has 0 amide bonds. The fourth-order valence-corrected chi connectivity index (χ4v) is 4.65. The summed E-state index contributed by atoms with van der Waals surface area (Å²) in [4.78, 5) is 0. The Bertz CT molecular complexity index is 911. The Hall–Kier alpha value is -0.340. The van der Waals surface area contributed by atoms with Gasteiger partial charge in [0, 0.05) is 0 Å². The van der Waals surface area contributed by atoms with Crippen LogP contribution in [0.5, 0.6) is 11.5 Å². The molecule has 0 fully saturated rings. The summed E-state index contributed by atoms with van der Waals surface area (Å²) >= 11 is 18.3. The molecule has 2 aromatic rings. The van der Waals surface area contributed by atoms with E-state index in [1.165, 1.54) is 0 Å². The highest BCUT2D eigenvalue weighted by molar-refractivity contribution is 7.49. The van der Waals surface area contributed by atoms with Gasteiger partial charge in [0.1, 0.15) is 20.1 Å². The van der Waals surface area contributed by atoms with Crippen LogP contribution in [0.25, 0.3) is 0 Å². The minimum Gasteiger partial charge on any atom is -0.566 e. The van der Waals surface area contributed by atoms with E-state index in [0.29, 0.717) is 0 Å². The smallest absolute Gasteiger partial charge is 0.566 e. The van der Waals surface area contributed by atoms with Gasteiger partial charge in [-0.25, -0.2) is 22.1 Å². The maximum Gasteiger partial charge on any atom is 0.632 e. The van der Waals surface area contributed by atoms with Crippen molar-refractivity contribution in [2.75, 3.05) is 0 Å². The number of hydrogen-bond acceptors (Lipinski definition) is 5. The second-order valence-corrected chi connectivity index (χ2v) is 9.01. The van der Waals surface area contributed by atoms with Crippen molar-refractivity contribution in [2.45, 2.75) is 0 Å². The molecule has 2 rings (SSSR count). The zero-order valence-electron chi connectivity index (χ0n) is 12.6. The van der Waals surface area contributed by atoms with Crippen LogP contribution in [0.15, 0.2) is 0 Å². The molecule has 0 heterocycles. The van der Waals surface area contributed by atoms with Crippen LogP contribution in [0.2, 0.25) is 20.1 Å². The first kappa shape index (κ1) is 24.9. The molecule has 0 aromatic heterocycles. The van der Waals surface area contributed by atoms with E-state index in [2.05, 4.69) is 11.9 Å². The molecule has 29 heavy (non-hydrogen) atoms. The SMILES string of the molecule is O=P(O[I+][O-])(Oc1c(F)c(F)c(Cl)c(F)c1Cl)Oc1c(F)c(F)c(Cl)c(F)c1Cl. The molecular weight excluding hydrogens is 638 g/mol. The fourth-order valence-electron chi connectivity index (χ4n) is 1.63. The zero-order valence-corrected chi connectivity index (χ0v) is 18.7. The van der Waals surface area contributed by atoms with Crippen LogP contribution in [-0.4, -0.2) is 0 Å². The van der Waals surface area contributed by atoms with Crippen molar-refractivity contribution in [3.05, 3.63) is 55.0 Å². The van der Waals surface area contributed by atoms with Crippen molar-refractivity contribution in [1.82, 2.24) is 0 Å². The van der Waals surface area contributed by atoms with Crippen molar-refractivity contribution in [3.63, 3.8) is 0 Å². The quantitative estimate of drug-likeness (QED) is 0.160. The van der Waals surface area contributed by atoms with E-state index >= 15 is 0 Å². The van der Waals surface area contributed by atoms with Crippen LogP contribution in [-0.2, 0) is 7.42 Å². The maximum absolute atomic E-state index is 14.0. The van der Waals surface area contributed by atoms with Gasteiger partial charge in [0.15, 0.2) is 34.8 Å². The first-order chi connectivity index (χ1) is 13.4. The van der Waals surface area contributed by atoms with Crippen LogP contribution >= 0.6 is 54.2 Å². The first-order valence-electron chi connectivity index (χ1n) is 6.34. The topological polar surface area (TPSA) is 67.8 Å². The molecule has 0 aliphatic rings. The van der Waals surface area contributed by atoms with Gasteiger partial charge in [0.05, 0.1) is 0 Å². The molecule has 160 valence electrons. The highest BCUT2D eigenvalue weighted by Crippen LogP contribution is 2.53. The summed E-state index contributed by atoms with van der Waals surface area (Å²) < 4.78 is 119. The van der Waals surface area contributed by atoms with Crippen LogP contribution in [0.4, 0.5) is 26.3 Å². The number of halogens is 11. The molecule has 17 heteroatoms. The van der Waals surface area contributed by atoms with E-state index in [0.717, 1.165) is 0 Å². The summed E-state index contributed by atoms with van der Waals surface area (Å²) in [6.07, 6.45) is 0. The average molecular weight is 638 g/mol. The molecule has 0 aliphatic carbocycles. The molecule has 0 saturated heterocycles. The summed E-state index contributed by atoms with van der Waals surface area (Å²) in [6, 6.07) is 0. The van der Waals surface area contributed by atoms with E-state index in [4.69, 9.17) is 46.4 Å². The fraction of sp³-hybridized carbons (Fsp3) is 0. The third-order valence-corrected chi connectivity index (χ3v) is 7.16. The van der Waals surface area contributed by atoms with Crippen LogP contribution in [0.1, 0.15) is 0 Å². The highest BCUT2D eigenvalue weighted by atomic mass is 127. The minimum atomic E-state index is -5.55. The Labute approximate surface area is 188 Å². The van der Waals surface area contributed by atoms with Crippen molar-refractivity contribution in [3.8, 4) is 11.5 Å². The third kappa shape index (κ3) is 4.79. The Kier molecular flexibility index (Phi) is 8.10. The van der Waals surface area contributed by atoms with Crippen molar-refractivity contribution < 1.29 is 68.3 Å². The summed E-state index contributed by atoms with van der Waals surface area (Å²) in [7, 11) is -5.55. The molecule has 0 spiro atoms. The van der Waals surface area contributed by atoms with E-state index < -0.39 is 96.4 Å². The van der Waals surface area contributed by atoms with Gasteiger partial charge in [-0.15, -0.1) is 0 Å². The molecule has 5 nitrogen and oxygen atoms in total. The van der Waals surface area contributed by atoms with Gasteiger partial charge in [-0.05, 0) is 2.85 Å². The van der Waals surface area contributed by atoms with Gasteiger partial charge < -0.3 is 12.5 Å². The van der Waals surface area contributed by atoms with E-state index in [1.807, 2.05) is 0 Å². The molecule has 0 N–H and O–H groups in total. The van der Waals surface area contributed by atoms with Crippen molar-refractivity contribution in [1.29, 1.82) is 0 Å². The monoisotopic (exact) mass is 636 g/mol. The molecule has 0 aliphatic heterocycles. The summed E-state index contributed by atoms with van der Waals surface area (Å²) in [6.45, 7) is 0. The molecule has 0 bridgehead atoms. The molecular formula is C12Cl4F6IO5P.